The lowest BCUT2D eigenvalue weighted by Gasteiger charge is -2.30. The molecule has 1 saturated heterocycles. The molecule has 0 bridgehead atoms. The van der Waals surface area contributed by atoms with Crippen molar-refractivity contribution in [3.8, 4) is 0 Å². The Labute approximate surface area is 148 Å². The first kappa shape index (κ1) is 16.2. The molecule has 0 atom stereocenters. The van der Waals surface area contributed by atoms with Crippen LogP contribution in [0.4, 0.5) is 11.4 Å². The zero-order valence-corrected chi connectivity index (χ0v) is 14.9. The second-order valence-corrected chi connectivity index (χ2v) is 6.96. The number of anilines is 2. The van der Waals surface area contributed by atoms with E-state index in [0.29, 0.717) is 6.04 Å². The van der Waals surface area contributed by atoms with E-state index in [1.165, 1.54) is 18.5 Å². The Morgan fingerprint density at radius 1 is 1.16 bits per heavy atom. The fourth-order valence-corrected chi connectivity index (χ4v) is 3.75. The summed E-state index contributed by atoms with van der Waals surface area (Å²) in [5.74, 6) is -0.0271. The first-order chi connectivity index (χ1) is 12.1. The van der Waals surface area contributed by atoms with Crippen LogP contribution in [0.2, 0.25) is 0 Å². The van der Waals surface area contributed by atoms with Crippen LogP contribution in [0.5, 0.6) is 0 Å². The van der Waals surface area contributed by atoms with Gasteiger partial charge in [-0.2, -0.15) is 0 Å². The third kappa shape index (κ3) is 3.16. The highest BCUT2D eigenvalue weighted by molar-refractivity contribution is 6.07. The Bertz CT molecular complexity index is 786. The maximum Gasteiger partial charge on any atom is 0.257 e. The second-order valence-electron chi connectivity index (χ2n) is 6.96. The first-order valence-electron chi connectivity index (χ1n) is 9.06. The number of nitrogens with zero attached hydrogens (tertiary/aromatic N) is 2. The van der Waals surface area contributed by atoms with Crippen molar-refractivity contribution >= 4 is 17.3 Å². The molecule has 25 heavy (non-hydrogen) atoms. The van der Waals surface area contributed by atoms with E-state index in [1.807, 2.05) is 31.2 Å². The number of hydrogen-bond acceptors (Lipinski definition) is 3. The highest BCUT2D eigenvalue weighted by Crippen LogP contribution is 2.38. The summed E-state index contributed by atoms with van der Waals surface area (Å²) in [6, 6.07) is 10.6. The molecule has 1 saturated carbocycles. The van der Waals surface area contributed by atoms with Crippen molar-refractivity contribution in [2.75, 3.05) is 36.5 Å². The maximum atomic E-state index is 12.9. The number of benzene rings is 1. The average molecular weight is 339 g/mol. The van der Waals surface area contributed by atoms with E-state index in [-0.39, 0.29) is 5.91 Å². The number of morpholine rings is 1. The molecule has 5 nitrogen and oxygen atoms in total. The molecule has 1 aromatic heterocycles. The van der Waals surface area contributed by atoms with Crippen molar-refractivity contribution in [2.45, 2.75) is 32.7 Å². The highest BCUT2D eigenvalue weighted by atomic mass is 16.5. The minimum atomic E-state index is -0.0271. The summed E-state index contributed by atoms with van der Waals surface area (Å²) >= 11 is 0. The van der Waals surface area contributed by atoms with Crippen LogP contribution in [0, 0.1) is 13.8 Å². The molecule has 2 fully saturated rings. The zero-order chi connectivity index (χ0) is 17.4. The van der Waals surface area contributed by atoms with Gasteiger partial charge in [0.15, 0.2) is 0 Å². The van der Waals surface area contributed by atoms with Gasteiger partial charge in [0.05, 0.1) is 30.2 Å². The van der Waals surface area contributed by atoms with Gasteiger partial charge in [0, 0.05) is 30.5 Å². The minimum absolute atomic E-state index is 0.0271. The van der Waals surface area contributed by atoms with Gasteiger partial charge < -0.3 is 19.5 Å². The number of amides is 1. The van der Waals surface area contributed by atoms with Gasteiger partial charge in [0.25, 0.3) is 5.91 Å². The molecule has 2 aliphatic rings. The Kier molecular flexibility index (Phi) is 4.25. The standard InChI is InChI=1S/C20H25N3O2/c1-14-13-17(15(2)23(14)16-7-8-16)20(24)21-18-5-3-4-6-19(18)22-9-11-25-12-10-22/h3-6,13,16H,7-12H2,1-2H3,(H,21,24). The van der Waals surface area contributed by atoms with Crippen molar-refractivity contribution in [2.24, 2.45) is 0 Å². The molecule has 1 aliphatic carbocycles. The zero-order valence-electron chi connectivity index (χ0n) is 14.9. The number of aromatic nitrogens is 1. The smallest absolute Gasteiger partial charge is 0.257 e. The molecule has 1 N–H and O–H groups in total. The summed E-state index contributed by atoms with van der Waals surface area (Å²) in [7, 11) is 0. The van der Waals surface area contributed by atoms with E-state index in [9.17, 15) is 4.79 Å². The van der Waals surface area contributed by atoms with Gasteiger partial charge in [-0.15, -0.1) is 0 Å². The second kappa shape index (κ2) is 6.56. The minimum Gasteiger partial charge on any atom is -0.378 e. The molecule has 132 valence electrons. The van der Waals surface area contributed by atoms with Crippen LogP contribution in [0.25, 0.3) is 0 Å². The molecule has 4 rings (SSSR count). The van der Waals surface area contributed by atoms with Gasteiger partial charge in [-0.3, -0.25) is 4.79 Å². The molecular weight excluding hydrogens is 314 g/mol. The molecule has 2 heterocycles. The first-order valence-corrected chi connectivity index (χ1v) is 9.06. The number of ether oxygens (including phenoxy) is 1. The SMILES string of the molecule is Cc1cc(C(=O)Nc2ccccc2N2CCOCC2)c(C)n1C1CC1. The van der Waals surface area contributed by atoms with Crippen molar-refractivity contribution in [3.05, 3.63) is 47.3 Å². The summed E-state index contributed by atoms with van der Waals surface area (Å²) in [5.41, 5.74) is 4.95. The Balaban J connectivity index is 1.58. The highest BCUT2D eigenvalue weighted by Gasteiger charge is 2.28. The topological polar surface area (TPSA) is 46.5 Å². The average Bonchev–Trinajstić information content (AvgIpc) is 3.41. The fourth-order valence-electron chi connectivity index (χ4n) is 3.75. The predicted octanol–water partition coefficient (Wildman–Crippen LogP) is 3.53. The molecule has 5 heteroatoms. The molecule has 1 amide bonds. The fraction of sp³-hybridized carbons (Fsp3) is 0.450. The van der Waals surface area contributed by atoms with E-state index in [0.717, 1.165) is 48.9 Å². The van der Waals surface area contributed by atoms with E-state index in [1.54, 1.807) is 0 Å². The number of carbonyl (C=O) groups is 1. The number of carbonyl (C=O) groups excluding carboxylic acids is 1. The number of aryl methyl sites for hydroxylation is 1. The number of nitrogens with one attached hydrogen (secondary N) is 1. The molecular formula is C20H25N3O2. The Morgan fingerprint density at radius 3 is 2.60 bits per heavy atom. The number of rotatable bonds is 4. The maximum absolute atomic E-state index is 12.9. The van der Waals surface area contributed by atoms with Crippen LogP contribution in [-0.4, -0.2) is 36.8 Å². The van der Waals surface area contributed by atoms with Crippen LogP contribution < -0.4 is 10.2 Å². The third-order valence-corrected chi connectivity index (χ3v) is 5.15. The van der Waals surface area contributed by atoms with Crippen LogP contribution in [0.15, 0.2) is 30.3 Å². The molecule has 0 unspecified atom stereocenters. The van der Waals surface area contributed by atoms with Gasteiger partial charge in [-0.05, 0) is 44.9 Å². The molecule has 1 aromatic carbocycles. The van der Waals surface area contributed by atoms with Gasteiger partial charge in [-0.1, -0.05) is 12.1 Å². The van der Waals surface area contributed by atoms with Crippen LogP contribution in [0.3, 0.4) is 0 Å². The lowest BCUT2D eigenvalue weighted by atomic mass is 10.2. The van der Waals surface area contributed by atoms with Gasteiger partial charge in [0.1, 0.15) is 0 Å². The summed E-state index contributed by atoms with van der Waals surface area (Å²) in [4.78, 5) is 15.2. The number of para-hydroxylation sites is 2. The monoisotopic (exact) mass is 339 g/mol. The lowest BCUT2D eigenvalue weighted by molar-refractivity contribution is 0.102. The molecule has 0 spiro atoms. The van der Waals surface area contributed by atoms with Gasteiger partial charge in [-0.25, -0.2) is 0 Å². The number of hydrogen-bond donors (Lipinski definition) is 1. The van der Waals surface area contributed by atoms with Crippen LogP contribution in [-0.2, 0) is 4.74 Å². The lowest BCUT2D eigenvalue weighted by Crippen LogP contribution is -2.36. The summed E-state index contributed by atoms with van der Waals surface area (Å²) in [6.45, 7) is 7.29. The van der Waals surface area contributed by atoms with Crippen molar-refractivity contribution in [1.82, 2.24) is 4.57 Å². The third-order valence-electron chi connectivity index (χ3n) is 5.15. The summed E-state index contributed by atoms with van der Waals surface area (Å²) < 4.78 is 7.75. The van der Waals surface area contributed by atoms with Gasteiger partial charge >= 0.3 is 0 Å². The van der Waals surface area contributed by atoms with Crippen LogP contribution in [0.1, 0.15) is 40.6 Å². The molecule has 1 aliphatic heterocycles. The predicted molar refractivity (Wildman–Crippen MR) is 99.6 cm³/mol. The summed E-state index contributed by atoms with van der Waals surface area (Å²) in [6.07, 6.45) is 2.44. The van der Waals surface area contributed by atoms with Crippen molar-refractivity contribution in [3.63, 3.8) is 0 Å². The van der Waals surface area contributed by atoms with Crippen molar-refractivity contribution < 1.29 is 9.53 Å². The van der Waals surface area contributed by atoms with E-state index in [2.05, 4.69) is 27.8 Å². The van der Waals surface area contributed by atoms with E-state index < -0.39 is 0 Å². The van der Waals surface area contributed by atoms with E-state index >= 15 is 0 Å². The van der Waals surface area contributed by atoms with Crippen molar-refractivity contribution in [1.29, 1.82) is 0 Å². The Hall–Kier alpha value is -2.27. The van der Waals surface area contributed by atoms with Crippen LogP contribution >= 0.6 is 0 Å². The summed E-state index contributed by atoms with van der Waals surface area (Å²) in [5, 5.41) is 3.13. The van der Waals surface area contributed by atoms with E-state index in [4.69, 9.17) is 4.74 Å². The largest absolute Gasteiger partial charge is 0.378 e. The molecule has 0 radical (unpaired) electrons. The Morgan fingerprint density at radius 2 is 1.88 bits per heavy atom. The normalized spacial score (nSPS) is 17.6. The van der Waals surface area contributed by atoms with Gasteiger partial charge in [0.2, 0.25) is 0 Å². The quantitative estimate of drug-likeness (QED) is 0.927. The molecule has 2 aromatic rings.